The molecule has 0 amide bonds. The van der Waals surface area contributed by atoms with E-state index in [2.05, 4.69) is 34.3 Å². The first-order valence-electron chi connectivity index (χ1n) is 25.0. The maximum absolute atomic E-state index is 14.2. The number of allylic oxidation sites excluding steroid dienone is 3. The van der Waals surface area contributed by atoms with E-state index in [4.69, 9.17) is 47.4 Å². The number of esters is 4. The van der Waals surface area contributed by atoms with Gasteiger partial charge in [-0.1, -0.05) is 121 Å². The molecule has 0 radical (unpaired) electrons. The summed E-state index contributed by atoms with van der Waals surface area (Å²) < 4.78 is 63.6. The Kier molecular flexibility index (Phi) is 20.4. The molecule has 11 atom stereocenters. The molecule has 4 aliphatic heterocycles. The largest absolute Gasteiger partial charge is 0.466 e. The standard InChI is InChI=1S/C56H80O14/c1-13-14-15-16-20-23-49(58)68-52-42(31-50(59)61-11)30-45-32-47(39(4)64-36-63-35-41-21-18-17-19-22-41)67-51(60)29-38(3)27-44-33-48(65-40(5)57)54(8,9)55(10,69-44)34-46-28-37(2)26-43(66-46)24-25-53(6,7)56(52,62-12)70-45/h15-25,31,38-39,43-48,52H,2,13-14,26-30,32-36H2,1,3-12H3/b16-15+,23-20+,25-24+,42-31+/t38-,39-,43+,44-,45+,46+,47-,48+,52+,55+,56-/m1/s1. The van der Waals surface area contributed by atoms with Gasteiger partial charge in [-0.3, -0.25) is 9.59 Å². The fourth-order valence-corrected chi connectivity index (χ4v) is 10.2. The van der Waals surface area contributed by atoms with Crippen molar-refractivity contribution in [2.24, 2.45) is 16.7 Å². The van der Waals surface area contributed by atoms with Crippen molar-refractivity contribution in [2.75, 3.05) is 21.0 Å². The summed E-state index contributed by atoms with van der Waals surface area (Å²) in [4.78, 5) is 53.8. The molecule has 6 bridgehead atoms. The number of carbonyl (C=O) groups excluding carboxylic acids is 4. The Morgan fingerprint density at radius 3 is 2.33 bits per heavy atom. The molecular weight excluding hydrogens is 897 g/mol. The zero-order chi connectivity index (χ0) is 51.3. The van der Waals surface area contributed by atoms with E-state index < -0.39 is 76.7 Å². The molecule has 0 N–H and O–H groups in total. The van der Waals surface area contributed by atoms with E-state index in [1.165, 1.54) is 33.3 Å². The first-order valence-corrected chi connectivity index (χ1v) is 25.0. The van der Waals surface area contributed by atoms with Crippen LogP contribution >= 0.6 is 0 Å². The fourth-order valence-electron chi connectivity index (χ4n) is 10.2. The van der Waals surface area contributed by atoms with Gasteiger partial charge in [-0.25, -0.2) is 9.59 Å². The van der Waals surface area contributed by atoms with Crippen molar-refractivity contribution in [1.82, 2.24) is 0 Å². The van der Waals surface area contributed by atoms with E-state index in [-0.39, 0.29) is 50.2 Å². The van der Waals surface area contributed by atoms with Gasteiger partial charge < -0.3 is 47.4 Å². The summed E-state index contributed by atoms with van der Waals surface area (Å²) >= 11 is 0. The summed E-state index contributed by atoms with van der Waals surface area (Å²) in [5.41, 5.74) is -0.213. The van der Waals surface area contributed by atoms with Gasteiger partial charge in [0.2, 0.25) is 5.79 Å². The molecule has 3 saturated heterocycles. The Labute approximate surface area is 416 Å². The predicted molar refractivity (Wildman–Crippen MR) is 264 cm³/mol. The van der Waals surface area contributed by atoms with Crippen molar-refractivity contribution >= 4 is 23.9 Å². The summed E-state index contributed by atoms with van der Waals surface area (Å²) in [6, 6.07) is 9.70. The van der Waals surface area contributed by atoms with Gasteiger partial charge in [0.05, 0.1) is 49.8 Å². The maximum Gasteiger partial charge on any atom is 0.331 e. The lowest BCUT2D eigenvalue weighted by atomic mass is 9.65. The van der Waals surface area contributed by atoms with E-state index in [1.807, 2.05) is 69.3 Å². The first-order chi connectivity index (χ1) is 33.1. The third-order valence-corrected chi connectivity index (χ3v) is 14.5. The number of rotatable bonds is 14. The van der Waals surface area contributed by atoms with Gasteiger partial charge in [0.25, 0.3) is 0 Å². The van der Waals surface area contributed by atoms with Gasteiger partial charge >= 0.3 is 23.9 Å². The molecule has 0 spiro atoms. The predicted octanol–water partition coefficient (Wildman–Crippen LogP) is 9.93. The summed E-state index contributed by atoms with van der Waals surface area (Å²) in [6.07, 6.45) is 11.3. The Morgan fingerprint density at radius 1 is 0.900 bits per heavy atom. The molecule has 388 valence electrons. The smallest absolute Gasteiger partial charge is 0.331 e. The van der Waals surface area contributed by atoms with E-state index in [0.717, 1.165) is 24.0 Å². The molecule has 1 aromatic carbocycles. The lowest BCUT2D eigenvalue weighted by Crippen LogP contribution is -2.63. The van der Waals surface area contributed by atoms with Gasteiger partial charge in [0.15, 0.2) is 6.10 Å². The van der Waals surface area contributed by atoms with Gasteiger partial charge in [-0.15, -0.1) is 0 Å². The van der Waals surface area contributed by atoms with Gasteiger partial charge in [0, 0.05) is 62.7 Å². The molecule has 3 fully saturated rings. The summed E-state index contributed by atoms with van der Waals surface area (Å²) in [5, 5.41) is 0. The molecule has 70 heavy (non-hydrogen) atoms. The number of methoxy groups -OCH3 is 2. The number of ether oxygens (including phenoxy) is 10. The number of carbonyl (C=O) groups is 4. The zero-order valence-electron chi connectivity index (χ0n) is 43.5. The minimum absolute atomic E-state index is 0.0528. The quantitative estimate of drug-likeness (QED) is 0.0330. The lowest BCUT2D eigenvalue weighted by molar-refractivity contribution is -0.338. The van der Waals surface area contributed by atoms with Gasteiger partial charge in [-0.2, -0.15) is 0 Å². The molecular formula is C56H80O14. The van der Waals surface area contributed by atoms with E-state index >= 15 is 0 Å². The summed E-state index contributed by atoms with van der Waals surface area (Å²) in [6.45, 7) is 21.9. The molecule has 0 unspecified atom stereocenters. The van der Waals surface area contributed by atoms with Crippen molar-refractivity contribution in [2.45, 2.75) is 193 Å². The number of hydrogen-bond acceptors (Lipinski definition) is 14. The third-order valence-electron chi connectivity index (χ3n) is 14.5. The van der Waals surface area contributed by atoms with Crippen LogP contribution in [0, 0.1) is 16.7 Å². The van der Waals surface area contributed by atoms with Gasteiger partial charge in [-0.05, 0) is 63.0 Å². The van der Waals surface area contributed by atoms with Gasteiger partial charge in [0.1, 0.15) is 19.0 Å². The number of fused-ring (bicyclic) bond motifs is 6. The Morgan fingerprint density at radius 2 is 1.64 bits per heavy atom. The molecule has 14 nitrogen and oxygen atoms in total. The average molecular weight is 977 g/mol. The number of cyclic esters (lactones) is 1. The van der Waals surface area contributed by atoms with Crippen LogP contribution in [0.4, 0.5) is 0 Å². The number of hydrogen-bond donors (Lipinski definition) is 0. The van der Waals surface area contributed by atoms with Crippen LogP contribution < -0.4 is 0 Å². The monoisotopic (exact) mass is 977 g/mol. The molecule has 4 heterocycles. The lowest BCUT2D eigenvalue weighted by Gasteiger charge is -2.55. The first kappa shape index (κ1) is 56.5. The van der Waals surface area contributed by atoms with E-state index in [9.17, 15) is 19.2 Å². The van der Waals surface area contributed by atoms with Crippen molar-refractivity contribution in [3.8, 4) is 0 Å². The van der Waals surface area contributed by atoms with Crippen LogP contribution in [0.15, 0.2) is 90.6 Å². The molecule has 0 saturated carbocycles. The minimum atomic E-state index is -1.78. The second-order valence-electron chi connectivity index (χ2n) is 20.8. The van der Waals surface area contributed by atoms with Crippen molar-refractivity contribution in [3.05, 3.63) is 96.2 Å². The highest BCUT2D eigenvalue weighted by molar-refractivity contribution is 5.84. The third kappa shape index (κ3) is 14.8. The SMILES string of the molecule is C=C1C[C@H]2C[C@]3(C)O[C@H](C[C@@H](C)CC(=O)O[C@@H]([C@@H](C)OCOCc4ccccc4)C[C@@H]4C/C(=C\C(=O)OC)[C@H](OC(=O)/C=C/C=C/CCC)[C@@](OC)(O4)C(C)(C)/C=C/[C@@H](C1)O2)C[C@H](OC(C)=O)C3(C)C. The zero-order valence-corrected chi connectivity index (χ0v) is 43.5. The van der Waals surface area contributed by atoms with Crippen molar-refractivity contribution < 1.29 is 66.5 Å². The number of benzene rings is 1. The Hall–Kier alpha value is -4.44. The Balaban J connectivity index is 1.60. The highest BCUT2D eigenvalue weighted by Gasteiger charge is 2.60. The van der Waals surface area contributed by atoms with E-state index in [0.29, 0.717) is 44.3 Å². The van der Waals surface area contributed by atoms with Crippen LogP contribution in [0.5, 0.6) is 0 Å². The summed E-state index contributed by atoms with van der Waals surface area (Å²) in [7, 11) is 2.75. The average Bonchev–Trinajstić information content (AvgIpc) is 3.28. The number of unbranched alkanes of at least 4 members (excludes halogenated alkanes) is 1. The van der Waals surface area contributed by atoms with Crippen LogP contribution in [-0.4, -0.2) is 105 Å². The van der Waals surface area contributed by atoms with Crippen LogP contribution in [-0.2, 0) is 73.2 Å². The molecule has 5 rings (SSSR count). The fraction of sp³-hybridized carbons (Fsp3) is 0.643. The normalized spacial score (nSPS) is 33.2. The van der Waals surface area contributed by atoms with E-state index in [1.54, 1.807) is 19.1 Å². The van der Waals surface area contributed by atoms with Crippen molar-refractivity contribution in [3.63, 3.8) is 0 Å². The van der Waals surface area contributed by atoms with Crippen LogP contribution in [0.3, 0.4) is 0 Å². The van der Waals surface area contributed by atoms with Crippen LogP contribution in [0.1, 0.15) is 132 Å². The molecule has 14 heteroatoms. The second kappa shape index (κ2) is 25.3. The maximum atomic E-state index is 14.2. The molecule has 0 aliphatic carbocycles. The minimum Gasteiger partial charge on any atom is -0.466 e. The molecule has 0 aromatic heterocycles. The van der Waals surface area contributed by atoms with Crippen LogP contribution in [0.2, 0.25) is 0 Å². The second-order valence-corrected chi connectivity index (χ2v) is 20.8. The topological polar surface area (TPSA) is 161 Å². The highest BCUT2D eigenvalue weighted by Crippen LogP contribution is 2.52. The van der Waals surface area contributed by atoms with Crippen LogP contribution in [0.25, 0.3) is 0 Å². The molecule has 4 aliphatic rings. The molecule has 1 aromatic rings. The highest BCUT2D eigenvalue weighted by atomic mass is 16.7. The Bertz CT molecular complexity index is 2050. The van der Waals surface area contributed by atoms with Crippen molar-refractivity contribution in [1.29, 1.82) is 0 Å². The summed E-state index contributed by atoms with van der Waals surface area (Å²) in [5.74, 6) is -4.15.